The number of benzene rings is 1. The molecule has 3 nitrogen and oxygen atoms in total. The molecule has 0 amide bonds. The fourth-order valence-corrected chi connectivity index (χ4v) is 2.66. The van der Waals surface area contributed by atoms with Crippen molar-refractivity contribution in [1.82, 2.24) is 9.78 Å². The molecule has 0 saturated heterocycles. The van der Waals surface area contributed by atoms with Crippen LogP contribution in [-0.4, -0.2) is 16.3 Å². The zero-order valence-corrected chi connectivity index (χ0v) is 12.8. The lowest BCUT2D eigenvalue weighted by molar-refractivity contribution is 0.497. The molecule has 0 aliphatic heterocycles. The summed E-state index contributed by atoms with van der Waals surface area (Å²) in [7, 11) is 0. The topological polar surface area (TPSA) is 43.8 Å². The zero-order chi connectivity index (χ0) is 15.2. The minimum Gasteiger partial charge on any atom is -0.330 e. The van der Waals surface area contributed by atoms with Gasteiger partial charge in [0.05, 0.1) is 5.69 Å². The van der Waals surface area contributed by atoms with Crippen molar-refractivity contribution in [1.29, 1.82) is 0 Å². The van der Waals surface area contributed by atoms with E-state index in [2.05, 4.69) is 25.0 Å². The Labute approximate surface area is 126 Å². The summed E-state index contributed by atoms with van der Waals surface area (Å²) in [6.45, 7) is 5.67. The van der Waals surface area contributed by atoms with Crippen molar-refractivity contribution in [2.24, 2.45) is 11.7 Å². The molecule has 0 fully saturated rings. The summed E-state index contributed by atoms with van der Waals surface area (Å²) < 4.78 is 15.3. The fourth-order valence-electron chi connectivity index (χ4n) is 2.66. The van der Waals surface area contributed by atoms with Crippen LogP contribution >= 0.6 is 0 Å². The van der Waals surface area contributed by atoms with E-state index in [1.165, 1.54) is 11.8 Å². The van der Waals surface area contributed by atoms with Crippen LogP contribution in [0.1, 0.15) is 30.8 Å². The van der Waals surface area contributed by atoms with Crippen LogP contribution in [0.15, 0.2) is 30.3 Å². The van der Waals surface area contributed by atoms with Gasteiger partial charge in [-0.1, -0.05) is 19.1 Å². The largest absolute Gasteiger partial charge is 0.330 e. The Morgan fingerprint density at radius 1 is 1.24 bits per heavy atom. The first-order valence-corrected chi connectivity index (χ1v) is 7.66. The third kappa shape index (κ3) is 4.14. The van der Waals surface area contributed by atoms with Crippen LogP contribution in [0.3, 0.4) is 0 Å². The number of hydrogen-bond donors (Lipinski definition) is 1. The van der Waals surface area contributed by atoms with Gasteiger partial charge in [-0.25, -0.2) is 4.39 Å². The maximum absolute atomic E-state index is 13.3. The van der Waals surface area contributed by atoms with E-state index < -0.39 is 0 Å². The third-order valence-electron chi connectivity index (χ3n) is 3.82. The van der Waals surface area contributed by atoms with E-state index in [1.807, 2.05) is 10.7 Å². The summed E-state index contributed by atoms with van der Waals surface area (Å²) in [5.41, 5.74) is 9.26. The van der Waals surface area contributed by atoms with Crippen molar-refractivity contribution in [2.45, 2.75) is 39.7 Å². The fraction of sp³-hybridized carbons (Fsp3) is 0.471. The zero-order valence-electron chi connectivity index (χ0n) is 12.8. The van der Waals surface area contributed by atoms with E-state index in [9.17, 15) is 4.39 Å². The Morgan fingerprint density at radius 3 is 2.67 bits per heavy atom. The molecule has 0 spiro atoms. The summed E-state index contributed by atoms with van der Waals surface area (Å²) in [5.74, 6) is 0.119. The average molecular weight is 289 g/mol. The minimum atomic E-state index is -0.185. The first kappa shape index (κ1) is 15.7. The molecule has 1 aromatic carbocycles. The van der Waals surface area contributed by atoms with Gasteiger partial charge in [0.15, 0.2) is 0 Å². The predicted molar refractivity (Wildman–Crippen MR) is 83.6 cm³/mol. The summed E-state index contributed by atoms with van der Waals surface area (Å²) in [4.78, 5) is 0. The van der Waals surface area contributed by atoms with Crippen molar-refractivity contribution in [3.8, 4) is 0 Å². The van der Waals surface area contributed by atoms with Crippen molar-refractivity contribution < 1.29 is 4.39 Å². The molecule has 1 heterocycles. The Morgan fingerprint density at radius 2 is 2.05 bits per heavy atom. The normalized spacial score (nSPS) is 12.6. The minimum absolute atomic E-state index is 0.185. The highest BCUT2D eigenvalue weighted by Crippen LogP contribution is 2.16. The number of rotatable bonds is 7. The van der Waals surface area contributed by atoms with E-state index in [4.69, 9.17) is 5.73 Å². The molecule has 0 aliphatic carbocycles. The van der Waals surface area contributed by atoms with Crippen LogP contribution in [0, 0.1) is 11.7 Å². The molecule has 1 atom stereocenters. The SMILES string of the molecule is CCc1cc(CC(CN)Cc2cccc(F)c2)n(CC)n1. The molecule has 1 unspecified atom stereocenters. The van der Waals surface area contributed by atoms with Gasteiger partial charge < -0.3 is 5.73 Å². The first-order chi connectivity index (χ1) is 10.2. The molecular weight excluding hydrogens is 265 g/mol. The second kappa shape index (κ2) is 7.36. The molecule has 2 N–H and O–H groups in total. The molecular formula is C17H24FN3. The smallest absolute Gasteiger partial charge is 0.123 e. The molecule has 2 aromatic rings. The Kier molecular flexibility index (Phi) is 5.51. The summed E-state index contributed by atoms with van der Waals surface area (Å²) in [6, 6.07) is 8.94. The average Bonchev–Trinajstić information content (AvgIpc) is 2.88. The van der Waals surface area contributed by atoms with Gasteiger partial charge in [-0.3, -0.25) is 4.68 Å². The highest BCUT2D eigenvalue weighted by Gasteiger charge is 2.14. The number of nitrogens with two attached hydrogens (primary N) is 1. The van der Waals surface area contributed by atoms with Gasteiger partial charge >= 0.3 is 0 Å². The maximum Gasteiger partial charge on any atom is 0.123 e. The van der Waals surface area contributed by atoms with Crippen LogP contribution in [0.2, 0.25) is 0 Å². The number of aromatic nitrogens is 2. The van der Waals surface area contributed by atoms with Crippen LogP contribution in [-0.2, 0) is 25.8 Å². The maximum atomic E-state index is 13.3. The number of hydrogen-bond acceptors (Lipinski definition) is 2. The van der Waals surface area contributed by atoms with Crippen LogP contribution in [0.25, 0.3) is 0 Å². The summed E-state index contributed by atoms with van der Waals surface area (Å²) >= 11 is 0. The predicted octanol–water partition coefficient (Wildman–Crippen LogP) is 2.96. The summed E-state index contributed by atoms with van der Waals surface area (Å²) in [6.07, 6.45) is 2.62. The number of nitrogens with zero attached hydrogens (tertiary/aromatic N) is 2. The third-order valence-corrected chi connectivity index (χ3v) is 3.82. The monoisotopic (exact) mass is 289 g/mol. The van der Waals surface area contributed by atoms with Crippen molar-refractivity contribution in [2.75, 3.05) is 6.54 Å². The highest BCUT2D eigenvalue weighted by molar-refractivity contribution is 5.18. The molecule has 0 saturated carbocycles. The Balaban J connectivity index is 2.10. The van der Waals surface area contributed by atoms with E-state index >= 15 is 0 Å². The molecule has 0 bridgehead atoms. The van der Waals surface area contributed by atoms with Gasteiger partial charge in [-0.2, -0.15) is 5.10 Å². The lowest BCUT2D eigenvalue weighted by Crippen LogP contribution is -2.21. The molecule has 1 aromatic heterocycles. The van der Waals surface area contributed by atoms with Crippen LogP contribution < -0.4 is 5.73 Å². The quantitative estimate of drug-likeness (QED) is 0.851. The van der Waals surface area contributed by atoms with Gasteiger partial charge in [0.1, 0.15) is 5.82 Å². The lowest BCUT2D eigenvalue weighted by Gasteiger charge is -2.15. The number of halogens is 1. The van der Waals surface area contributed by atoms with Gasteiger partial charge in [-0.15, -0.1) is 0 Å². The second-order valence-corrected chi connectivity index (χ2v) is 5.44. The van der Waals surface area contributed by atoms with Crippen molar-refractivity contribution in [3.63, 3.8) is 0 Å². The molecule has 21 heavy (non-hydrogen) atoms. The molecule has 2 rings (SSSR count). The van der Waals surface area contributed by atoms with Crippen molar-refractivity contribution >= 4 is 0 Å². The molecule has 0 radical (unpaired) electrons. The van der Waals surface area contributed by atoms with Crippen molar-refractivity contribution in [3.05, 3.63) is 53.1 Å². The Bertz CT molecular complexity index is 577. The highest BCUT2D eigenvalue weighted by atomic mass is 19.1. The number of aryl methyl sites for hydroxylation is 2. The van der Waals surface area contributed by atoms with E-state index in [0.717, 1.165) is 37.1 Å². The van der Waals surface area contributed by atoms with E-state index in [-0.39, 0.29) is 5.82 Å². The van der Waals surface area contributed by atoms with E-state index in [1.54, 1.807) is 12.1 Å². The molecule has 4 heteroatoms. The standard InChI is InChI=1S/C17H24FN3/c1-3-16-11-17(21(4-2)20-16)10-14(12-19)8-13-6-5-7-15(18)9-13/h5-7,9,11,14H,3-4,8,10,12,19H2,1-2H3. The first-order valence-electron chi connectivity index (χ1n) is 7.66. The second-order valence-electron chi connectivity index (χ2n) is 5.44. The van der Waals surface area contributed by atoms with Gasteiger partial charge in [0.2, 0.25) is 0 Å². The van der Waals surface area contributed by atoms with Gasteiger partial charge in [-0.05, 0) is 62.4 Å². The van der Waals surface area contributed by atoms with Crippen LogP contribution in [0.5, 0.6) is 0 Å². The van der Waals surface area contributed by atoms with E-state index in [0.29, 0.717) is 12.5 Å². The van der Waals surface area contributed by atoms with Gasteiger partial charge in [0, 0.05) is 12.2 Å². The molecule has 0 aliphatic rings. The Hall–Kier alpha value is -1.68. The summed E-state index contributed by atoms with van der Waals surface area (Å²) in [5, 5.41) is 4.57. The lowest BCUT2D eigenvalue weighted by atomic mass is 9.94. The van der Waals surface area contributed by atoms with Gasteiger partial charge in [0.25, 0.3) is 0 Å². The molecule has 114 valence electrons. The van der Waals surface area contributed by atoms with Crippen LogP contribution in [0.4, 0.5) is 4.39 Å².